The molecule has 23 heavy (non-hydrogen) atoms. The van der Waals surface area contributed by atoms with E-state index in [-0.39, 0.29) is 11.8 Å². The number of carbonyl (C=O) groups excluding carboxylic acids is 2. The lowest BCUT2D eigenvalue weighted by Crippen LogP contribution is -2.24. The van der Waals surface area contributed by atoms with Gasteiger partial charge in [0.15, 0.2) is 0 Å². The molecule has 0 spiro atoms. The van der Waals surface area contributed by atoms with Crippen LogP contribution in [0.2, 0.25) is 5.02 Å². The molecule has 0 heterocycles. The van der Waals surface area contributed by atoms with Gasteiger partial charge in [-0.1, -0.05) is 37.1 Å². The minimum atomic E-state index is -0.268. The van der Waals surface area contributed by atoms with Gasteiger partial charge in [0.1, 0.15) is 0 Å². The normalized spacial score (nSPS) is 10.2. The SMILES string of the molecule is CCCCNC(=O)c1cccc(NC(=O)c2cccc(Cl)c2)c1. The summed E-state index contributed by atoms with van der Waals surface area (Å²) in [5.74, 6) is -0.409. The van der Waals surface area contributed by atoms with Gasteiger partial charge in [-0.3, -0.25) is 9.59 Å². The molecule has 0 saturated carbocycles. The lowest BCUT2D eigenvalue weighted by molar-refractivity contribution is 0.0951. The highest BCUT2D eigenvalue weighted by atomic mass is 35.5. The maximum atomic E-state index is 12.2. The van der Waals surface area contributed by atoms with Gasteiger partial charge in [0, 0.05) is 28.4 Å². The largest absolute Gasteiger partial charge is 0.352 e. The van der Waals surface area contributed by atoms with Crippen LogP contribution in [0.1, 0.15) is 40.5 Å². The zero-order valence-electron chi connectivity index (χ0n) is 12.9. The van der Waals surface area contributed by atoms with Crippen LogP contribution in [0.5, 0.6) is 0 Å². The van der Waals surface area contributed by atoms with E-state index in [1.54, 1.807) is 48.5 Å². The molecule has 120 valence electrons. The summed E-state index contributed by atoms with van der Waals surface area (Å²) >= 11 is 5.89. The molecule has 0 aliphatic carbocycles. The number of anilines is 1. The van der Waals surface area contributed by atoms with E-state index in [2.05, 4.69) is 17.6 Å². The molecule has 2 aromatic rings. The molecule has 0 bridgehead atoms. The Kier molecular flexibility index (Phi) is 6.18. The van der Waals surface area contributed by atoms with Crippen molar-refractivity contribution < 1.29 is 9.59 Å². The van der Waals surface area contributed by atoms with Gasteiger partial charge in [0.2, 0.25) is 0 Å². The number of rotatable bonds is 6. The monoisotopic (exact) mass is 330 g/mol. The molecule has 2 aromatic carbocycles. The van der Waals surface area contributed by atoms with Crippen molar-refractivity contribution in [2.24, 2.45) is 0 Å². The number of benzene rings is 2. The molecule has 5 heteroatoms. The van der Waals surface area contributed by atoms with Crippen molar-refractivity contribution in [1.29, 1.82) is 0 Å². The van der Waals surface area contributed by atoms with Crippen molar-refractivity contribution in [2.75, 3.05) is 11.9 Å². The van der Waals surface area contributed by atoms with Crippen molar-refractivity contribution in [1.82, 2.24) is 5.32 Å². The first-order valence-corrected chi connectivity index (χ1v) is 7.93. The Balaban J connectivity index is 2.05. The van der Waals surface area contributed by atoms with Gasteiger partial charge in [0.25, 0.3) is 11.8 Å². The average Bonchev–Trinajstić information content (AvgIpc) is 2.55. The Morgan fingerprint density at radius 2 is 1.70 bits per heavy atom. The van der Waals surface area contributed by atoms with Crippen LogP contribution in [-0.2, 0) is 0 Å². The molecule has 0 saturated heterocycles. The van der Waals surface area contributed by atoms with Gasteiger partial charge in [-0.05, 0) is 42.8 Å². The molecule has 0 atom stereocenters. The van der Waals surface area contributed by atoms with Crippen LogP contribution in [0.3, 0.4) is 0 Å². The summed E-state index contributed by atoms with van der Waals surface area (Å²) in [7, 11) is 0. The number of unbranched alkanes of at least 4 members (excludes halogenated alkanes) is 1. The summed E-state index contributed by atoms with van der Waals surface area (Å²) in [6.45, 7) is 2.71. The van der Waals surface area contributed by atoms with Gasteiger partial charge in [-0.25, -0.2) is 0 Å². The molecule has 0 unspecified atom stereocenters. The number of hydrogen-bond acceptors (Lipinski definition) is 2. The fourth-order valence-corrected chi connectivity index (χ4v) is 2.24. The first-order valence-electron chi connectivity index (χ1n) is 7.55. The van der Waals surface area contributed by atoms with E-state index in [1.165, 1.54) is 0 Å². The minimum Gasteiger partial charge on any atom is -0.352 e. The Hall–Kier alpha value is -2.33. The van der Waals surface area contributed by atoms with Gasteiger partial charge in [-0.2, -0.15) is 0 Å². The average molecular weight is 331 g/mol. The first-order chi connectivity index (χ1) is 11.1. The van der Waals surface area contributed by atoms with E-state index < -0.39 is 0 Å². The lowest BCUT2D eigenvalue weighted by atomic mass is 10.1. The molecule has 2 N–H and O–H groups in total. The minimum absolute atomic E-state index is 0.141. The van der Waals surface area contributed by atoms with Crippen LogP contribution >= 0.6 is 11.6 Å². The smallest absolute Gasteiger partial charge is 0.255 e. The molecule has 0 aliphatic heterocycles. The summed E-state index contributed by atoms with van der Waals surface area (Å²) in [5.41, 5.74) is 1.55. The highest BCUT2D eigenvalue weighted by molar-refractivity contribution is 6.31. The molecule has 2 amide bonds. The predicted octanol–water partition coefficient (Wildman–Crippen LogP) is 4.12. The second-order valence-electron chi connectivity index (χ2n) is 5.15. The highest BCUT2D eigenvalue weighted by Crippen LogP contribution is 2.15. The number of amides is 2. The Bertz CT molecular complexity index is 701. The Morgan fingerprint density at radius 1 is 1.00 bits per heavy atom. The summed E-state index contributed by atoms with van der Waals surface area (Å²) in [6.07, 6.45) is 1.97. The number of carbonyl (C=O) groups is 2. The fraction of sp³-hybridized carbons (Fsp3) is 0.222. The van der Waals surface area contributed by atoms with Crippen LogP contribution in [0, 0.1) is 0 Å². The lowest BCUT2D eigenvalue weighted by Gasteiger charge is -2.08. The molecule has 4 nitrogen and oxygen atoms in total. The van der Waals surface area contributed by atoms with Crippen molar-refractivity contribution in [3.8, 4) is 0 Å². The van der Waals surface area contributed by atoms with Crippen LogP contribution in [-0.4, -0.2) is 18.4 Å². The Morgan fingerprint density at radius 3 is 2.39 bits per heavy atom. The van der Waals surface area contributed by atoms with Crippen LogP contribution in [0.4, 0.5) is 5.69 Å². The van der Waals surface area contributed by atoms with Crippen LogP contribution in [0.25, 0.3) is 0 Å². The predicted molar refractivity (Wildman–Crippen MR) is 93.1 cm³/mol. The Labute approximate surface area is 140 Å². The van der Waals surface area contributed by atoms with Gasteiger partial charge >= 0.3 is 0 Å². The zero-order chi connectivity index (χ0) is 16.7. The van der Waals surface area contributed by atoms with Crippen molar-refractivity contribution in [2.45, 2.75) is 19.8 Å². The molecular formula is C18H19ClN2O2. The number of hydrogen-bond donors (Lipinski definition) is 2. The van der Waals surface area contributed by atoms with E-state index in [1.807, 2.05) is 0 Å². The standard InChI is InChI=1S/C18H19ClN2O2/c1-2-3-10-20-17(22)14-7-5-9-16(12-14)21-18(23)13-6-4-8-15(19)11-13/h4-9,11-12H,2-3,10H2,1H3,(H,20,22)(H,21,23). The van der Waals surface area contributed by atoms with E-state index in [4.69, 9.17) is 11.6 Å². The van der Waals surface area contributed by atoms with Crippen molar-refractivity contribution in [3.63, 3.8) is 0 Å². The van der Waals surface area contributed by atoms with E-state index in [0.717, 1.165) is 12.8 Å². The molecular weight excluding hydrogens is 312 g/mol. The molecule has 2 rings (SSSR count). The quantitative estimate of drug-likeness (QED) is 0.783. The second kappa shape index (κ2) is 8.34. The van der Waals surface area contributed by atoms with Gasteiger partial charge in [0.05, 0.1) is 0 Å². The summed E-state index contributed by atoms with van der Waals surface area (Å²) in [4.78, 5) is 24.2. The third kappa shape index (κ3) is 5.11. The van der Waals surface area contributed by atoms with Crippen LogP contribution < -0.4 is 10.6 Å². The topological polar surface area (TPSA) is 58.2 Å². The van der Waals surface area contributed by atoms with Crippen molar-refractivity contribution in [3.05, 3.63) is 64.7 Å². The fourth-order valence-electron chi connectivity index (χ4n) is 2.05. The first kappa shape index (κ1) is 17.0. The van der Waals surface area contributed by atoms with E-state index >= 15 is 0 Å². The van der Waals surface area contributed by atoms with E-state index in [0.29, 0.717) is 28.4 Å². The van der Waals surface area contributed by atoms with Gasteiger partial charge in [-0.15, -0.1) is 0 Å². The molecule has 0 aromatic heterocycles. The van der Waals surface area contributed by atoms with Gasteiger partial charge < -0.3 is 10.6 Å². The molecule has 0 fully saturated rings. The third-order valence-corrected chi connectivity index (χ3v) is 3.52. The third-order valence-electron chi connectivity index (χ3n) is 3.29. The number of nitrogens with one attached hydrogen (secondary N) is 2. The molecule has 0 radical (unpaired) electrons. The maximum absolute atomic E-state index is 12.2. The van der Waals surface area contributed by atoms with Crippen LogP contribution in [0.15, 0.2) is 48.5 Å². The molecule has 0 aliphatic rings. The zero-order valence-corrected chi connectivity index (χ0v) is 13.7. The maximum Gasteiger partial charge on any atom is 0.255 e. The van der Waals surface area contributed by atoms with E-state index in [9.17, 15) is 9.59 Å². The summed E-state index contributed by atoms with van der Waals surface area (Å²) < 4.78 is 0. The summed E-state index contributed by atoms with van der Waals surface area (Å²) in [6, 6.07) is 13.6. The van der Waals surface area contributed by atoms with Crippen molar-refractivity contribution >= 4 is 29.1 Å². The highest BCUT2D eigenvalue weighted by Gasteiger charge is 2.09. The number of halogens is 1. The summed E-state index contributed by atoms with van der Waals surface area (Å²) in [5, 5.41) is 6.12. The second-order valence-corrected chi connectivity index (χ2v) is 5.59.